The van der Waals surface area contributed by atoms with Crippen molar-refractivity contribution in [1.29, 1.82) is 0 Å². The van der Waals surface area contributed by atoms with Crippen LogP contribution in [0.3, 0.4) is 0 Å². The largest absolute Gasteiger partial charge is 0.435 e. The molecule has 0 saturated carbocycles. The van der Waals surface area contributed by atoms with Crippen molar-refractivity contribution in [2.75, 3.05) is 18.5 Å². The molecule has 0 bridgehead atoms. The molecule has 1 aromatic heterocycles. The number of carbonyl (C=O) groups is 1. The van der Waals surface area contributed by atoms with Gasteiger partial charge in [-0.3, -0.25) is 0 Å². The third-order valence-electron chi connectivity index (χ3n) is 5.13. The van der Waals surface area contributed by atoms with Crippen molar-refractivity contribution in [3.05, 3.63) is 76.3 Å². The van der Waals surface area contributed by atoms with Gasteiger partial charge in [0, 0.05) is 16.1 Å². The molecule has 0 atom stereocenters. The summed E-state index contributed by atoms with van der Waals surface area (Å²) in [5, 5.41) is 27.5. The molecular formula is C22H21ClF4N4O3. The van der Waals surface area contributed by atoms with Crippen molar-refractivity contribution in [3.63, 3.8) is 0 Å². The summed E-state index contributed by atoms with van der Waals surface area (Å²) in [6.45, 7) is 0.167. The molecule has 0 radical (unpaired) electrons. The second-order valence-corrected chi connectivity index (χ2v) is 8.23. The summed E-state index contributed by atoms with van der Waals surface area (Å²) >= 11 is 5.93. The van der Waals surface area contributed by atoms with Gasteiger partial charge >= 0.3 is 12.2 Å². The highest BCUT2D eigenvalue weighted by Gasteiger charge is 2.35. The van der Waals surface area contributed by atoms with Crippen LogP contribution in [0, 0.1) is 5.82 Å². The number of halogens is 5. The lowest BCUT2D eigenvalue weighted by Crippen LogP contribution is -2.32. The number of rotatable bonds is 7. The van der Waals surface area contributed by atoms with Crippen LogP contribution in [0.25, 0.3) is 5.69 Å². The fourth-order valence-corrected chi connectivity index (χ4v) is 3.35. The molecule has 182 valence electrons. The van der Waals surface area contributed by atoms with Crippen LogP contribution >= 0.6 is 11.6 Å². The van der Waals surface area contributed by atoms with Crippen LogP contribution in [0.2, 0.25) is 5.02 Å². The van der Waals surface area contributed by atoms with Crippen LogP contribution < -0.4 is 10.6 Å². The Hall–Kier alpha value is -3.15. The summed E-state index contributed by atoms with van der Waals surface area (Å²) < 4.78 is 55.1. The average Bonchev–Trinajstić information content (AvgIpc) is 3.22. The Balaban J connectivity index is 1.76. The lowest BCUT2D eigenvalue weighted by molar-refractivity contribution is -0.141. The Morgan fingerprint density at radius 1 is 1.12 bits per heavy atom. The maximum Gasteiger partial charge on any atom is 0.435 e. The number of benzene rings is 2. The first kappa shape index (κ1) is 25.5. The van der Waals surface area contributed by atoms with E-state index in [-0.39, 0.29) is 29.2 Å². The molecular weight excluding hydrogens is 480 g/mol. The number of aliphatic hydroxyl groups excluding tert-OH is 2. The van der Waals surface area contributed by atoms with E-state index in [1.54, 1.807) is 12.1 Å². The van der Waals surface area contributed by atoms with E-state index in [4.69, 9.17) is 11.6 Å². The Bertz CT molecular complexity index is 1180. The molecule has 0 unspecified atom stereocenters. The molecule has 0 aliphatic heterocycles. The van der Waals surface area contributed by atoms with E-state index in [2.05, 4.69) is 15.7 Å². The molecule has 0 fully saturated rings. The van der Waals surface area contributed by atoms with E-state index in [9.17, 15) is 32.6 Å². The van der Waals surface area contributed by atoms with Gasteiger partial charge < -0.3 is 20.8 Å². The first-order chi connectivity index (χ1) is 16.0. The molecule has 2 amide bonds. The molecule has 12 heteroatoms. The predicted octanol–water partition coefficient (Wildman–Crippen LogP) is 4.25. The summed E-state index contributed by atoms with van der Waals surface area (Å²) in [4.78, 5) is 12.3. The van der Waals surface area contributed by atoms with E-state index in [0.29, 0.717) is 5.02 Å². The van der Waals surface area contributed by atoms with Gasteiger partial charge in [-0.15, -0.1) is 0 Å². The number of hydrogen-bond acceptors (Lipinski definition) is 4. The summed E-state index contributed by atoms with van der Waals surface area (Å²) in [6, 6.07) is 9.75. The number of hydrogen-bond donors (Lipinski definition) is 4. The highest BCUT2D eigenvalue weighted by Crippen LogP contribution is 2.30. The van der Waals surface area contributed by atoms with Crippen LogP contribution in [0.1, 0.15) is 23.9 Å². The second kappa shape index (κ2) is 10.00. The number of aromatic nitrogens is 2. The summed E-state index contributed by atoms with van der Waals surface area (Å²) in [7, 11) is 0. The van der Waals surface area contributed by atoms with Crippen molar-refractivity contribution in [2.45, 2.75) is 25.1 Å². The summed E-state index contributed by atoms with van der Waals surface area (Å²) in [6.07, 6.45) is -4.70. The fourth-order valence-electron chi connectivity index (χ4n) is 3.16. The van der Waals surface area contributed by atoms with Crippen LogP contribution in [-0.2, 0) is 18.1 Å². The number of urea groups is 1. The van der Waals surface area contributed by atoms with Gasteiger partial charge in [0.15, 0.2) is 5.69 Å². The first-order valence-electron chi connectivity index (χ1n) is 9.95. The van der Waals surface area contributed by atoms with E-state index in [1.807, 2.05) is 0 Å². The van der Waals surface area contributed by atoms with Crippen LogP contribution in [0.15, 0.2) is 48.5 Å². The van der Waals surface area contributed by atoms with Gasteiger partial charge in [-0.1, -0.05) is 30.7 Å². The second-order valence-electron chi connectivity index (χ2n) is 7.79. The summed E-state index contributed by atoms with van der Waals surface area (Å²) in [5.41, 5.74) is -1.91. The lowest BCUT2D eigenvalue weighted by Gasteiger charge is -2.25. The van der Waals surface area contributed by atoms with Crippen LogP contribution in [-0.4, -0.2) is 39.2 Å². The van der Waals surface area contributed by atoms with Crippen molar-refractivity contribution in [2.24, 2.45) is 0 Å². The molecule has 0 saturated heterocycles. The van der Waals surface area contributed by atoms with E-state index < -0.39 is 42.3 Å². The standard InChI is InChI=1S/C22H21ClF4N4O3/c1-21(11-32,12-33)17-6-5-14(8-18(17)24)29-20(34)28-10-16-9-19(22(25,26)27)30-31(16)15-4-2-3-13(23)7-15/h2-9,32-33H,10-12H2,1H3,(H2,28,29,34). The molecule has 7 nitrogen and oxygen atoms in total. The molecule has 0 aliphatic carbocycles. The molecule has 4 N–H and O–H groups in total. The maximum absolute atomic E-state index is 14.5. The van der Waals surface area contributed by atoms with Gasteiger partial charge in [0.1, 0.15) is 5.82 Å². The zero-order valence-corrected chi connectivity index (χ0v) is 18.6. The smallest absolute Gasteiger partial charge is 0.395 e. The highest BCUT2D eigenvalue weighted by molar-refractivity contribution is 6.30. The van der Waals surface area contributed by atoms with Crippen LogP contribution in [0.5, 0.6) is 0 Å². The predicted molar refractivity (Wildman–Crippen MR) is 117 cm³/mol. The average molecular weight is 501 g/mol. The third kappa shape index (κ3) is 5.66. The lowest BCUT2D eigenvalue weighted by atomic mass is 9.84. The highest BCUT2D eigenvalue weighted by atomic mass is 35.5. The minimum absolute atomic E-state index is 0.0351. The molecule has 34 heavy (non-hydrogen) atoms. The van der Waals surface area contributed by atoms with Crippen molar-refractivity contribution in [3.8, 4) is 5.69 Å². The molecule has 3 rings (SSSR count). The SMILES string of the molecule is CC(CO)(CO)c1ccc(NC(=O)NCc2cc(C(F)(F)F)nn2-c2cccc(Cl)c2)cc1F. The van der Waals surface area contributed by atoms with Gasteiger partial charge in [-0.05, 0) is 42.0 Å². The van der Waals surface area contributed by atoms with Crippen molar-refractivity contribution in [1.82, 2.24) is 15.1 Å². The number of carbonyl (C=O) groups excluding carboxylic acids is 1. The monoisotopic (exact) mass is 500 g/mol. The minimum atomic E-state index is -4.70. The zero-order valence-electron chi connectivity index (χ0n) is 17.8. The van der Waals surface area contributed by atoms with Gasteiger partial charge in [0.25, 0.3) is 0 Å². The fraction of sp³-hybridized carbons (Fsp3) is 0.273. The van der Waals surface area contributed by atoms with Gasteiger partial charge in [0.05, 0.1) is 31.1 Å². The molecule has 3 aromatic rings. The molecule has 2 aromatic carbocycles. The Morgan fingerprint density at radius 2 is 1.82 bits per heavy atom. The maximum atomic E-state index is 14.5. The molecule has 1 heterocycles. The number of nitrogens with zero attached hydrogens (tertiary/aromatic N) is 2. The Labute approximate surface area is 197 Å². The Kier molecular flexibility index (Phi) is 7.49. The zero-order chi connectivity index (χ0) is 25.1. The van der Waals surface area contributed by atoms with Gasteiger partial charge in [-0.2, -0.15) is 18.3 Å². The molecule has 0 aliphatic rings. The third-order valence-corrected chi connectivity index (χ3v) is 5.37. The van der Waals surface area contributed by atoms with E-state index in [0.717, 1.165) is 16.8 Å². The number of aliphatic hydroxyl groups is 2. The topological polar surface area (TPSA) is 99.4 Å². The summed E-state index contributed by atoms with van der Waals surface area (Å²) in [5.74, 6) is -0.753. The Morgan fingerprint density at radius 3 is 2.41 bits per heavy atom. The number of anilines is 1. The van der Waals surface area contributed by atoms with E-state index >= 15 is 0 Å². The first-order valence-corrected chi connectivity index (χ1v) is 10.3. The number of nitrogens with one attached hydrogen (secondary N) is 2. The van der Waals surface area contributed by atoms with Crippen molar-refractivity contribution < 1.29 is 32.6 Å². The number of alkyl halides is 3. The van der Waals surface area contributed by atoms with Gasteiger partial charge in [0.2, 0.25) is 0 Å². The normalized spacial score (nSPS) is 12.0. The van der Waals surface area contributed by atoms with Crippen LogP contribution in [0.4, 0.5) is 28.0 Å². The quantitative estimate of drug-likeness (QED) is 0.364. The van der Waals surface area contributed by atoms with E-state index in [1.165, 1.54) is 31.2 Å². The molecule has 0 spiro atoms. The minimum Gasteiger partial charge on any atom is -0.395 e. The number of amides is 2. The van der Waals surface area contributed by atoms with Gasteiger partial charge in [-0.25, -0.2) is 13.9 Å². The van der Waals surface area contributed by atoms with Crippen molar-refractivity contribution >= 4 is 23.3 Å².